The van der Waals surface area contributed by atoms with E-state index in [-0.39, 0.29) is 12.0 Å². The maximum absolute atomic E-state index is 12.4. The van der Waals surface area contributed by atoms with E-state index >= 15 is 0 Å². The van der Waals surface area contributed by atoms with E-state index in [2.05, 4.69) is 15.3 Å². The van der Waals surface area contributed by atoms with Crippen molar-refractivity contribution in [3.8, 4) is 0 Å². The Kier molecular flexibility index (Phi) is 4.78. The Bertz CT molecular complexity index is 878. The van der Waals surface area contributed by atoms with E-state index in [0.717, 1.165) is 11.2 Å². The maximum atomic E-state index is 12.4. The van der Waals surface area contributed by atoms with Crippen molar-refractivity contribution in [1.29, 1.82) is 0 Å². The van der Waals surface area contributed by atoms with Crippen LogP contribution in [0.2, 0.25) is 5.02 Å². The number of benzene rings is 1. The van der Waals surface area contributed by atoms with Crippen molar-refractivity contribution in [2.45, 2.75) is 6.10 Å². The predicted molar refractivity (Wildman–Crippen MR) is 92.0 cm³/mol. The molecule has 2 heterocycles. The Labute approximate surface area is 144 Å². The molecular weight excluding hydrogens is 328 g/mol. The number of halogens is 1. The first-order valence-electron chi connectivity index (χ1n) is 7.42. The minimum Gasteiger partial charge on any atom is -0.375 e. The van der Waals surface area contributed by atoms with Crippen LogP contribution in [0.1, 0.15) is 22.0 Å². The lowest BCUT2D eigenvalue weighted by Gasteiger charge is -2.17. The Hall–Kier alpha value is -2.44. The number of nitrogens with zero attached hydrogens (tertiary/aromatic N) is 3. The number of imidazole rings is 1. The summed E-state index contributed by atoms with van der Waals surface area (Å²) >= 11 is 6.18. The van der Waals surface area contributed by atoms with Gasteiger partial charge in [0.1, 0.15) is 11.6 Å². The second-order valence-corrected chi connectivity index (χ2v) is 5.79. The fourth-order valence-corrected chi connectivity index (χ4v) is 2.74. The Morgan fingerprint density at radius 1 is 1.38 bits per heavy atom. The van der Waals surface area contributed by atoms with Gasteiger partial charge in [0.2, 0.25) is 0 Å². The summed E-state index contributed by atoms with van der Waals surface area (Å²) in [6.45, 7) is 0.305. The fourth-order valence-electron chi connectivity index (χ4n) is 2.48. The zero-order valence-electron chi connectivity index (χ0n) is 13.4. The van der Waals surface area contributed by atoms with Crippen LogP contribution in [-0.2, 0) is 11.8 Å². The van der Waals surface area contributed by atoms with E-state index in [4.69, 9.17) is 16.3 Å². The van der Waals surface area contributed by atoms with E-state index in [1.54, 1.807) is 30.1 Å². The minimum absolute atomic E-state index is 0.232. The third-order valence-corrected chi connectivity index (χ3v) is 4.14. The van der Waals surface area contributed by atoms with E-state index in [0.29, 0.717) is 22.6 Å². The second kappa shape index (κ2) is 6.98. The molecule has 0 saturated heterocycles. The summed E-state index contributed by atoms with van der Waals surface area (Å²) in [5.41, 5.74) is 2.70. The Morgan fingerprint density at radius 3 is 2.92 bits per heavy atom. The van der Waals surface area contributed by atoms with E-state index in [1.165, 1.54) is 6.20 Å². The molecule has 1 atom stereocenters. The summed E-state index contributed by atoms with van der Waals surface area (Å²) in [5, 5.41) is 3.46. The van der Waals surface area contributed by atoms with Crippen molar-refractivity contribution in [2.24, 2.45) is 7.05 Å². The number of pyridine rings is 1. The van der Waals surface area contributed by atoms with Gasteiger partial charge in [-0.15, -0.1) is 0 Å². The highest BCUT2D eigenvalue weighted by Gasteiger charge is 2.16. The fraction of sp³-hybridized carbons (Fsp3) is 0.235. The number of hydrogen-bond donors (Lipinski definition) is 1. The van der Waals surface area contributed by atoms with Crippen molar-refractivity contribution < 1.29 is 9.53 Å². The molecule has 1 N–H and O–H groups in total. The summed E-state index contributed by atoms with van der Waals surface area (Å²) < 4.78 is 7.25. The molecule has 3 aromatic rings. The van der Waals surface area contributed by atoms with Crippen LogP contribution in [0.5, 0.6) is 0 Å². The van der Waals surface area contributed by atoms with E-state index in [9.17, 15) is 4.79 Å². The van der Waals surface area contributed by atoms with Gasteiger partial charge in [-0.05, 0) is 12.1 Å². The predicted octanol–water partition coefficient (Wildman–Crippen LogP) is 2.74. The molecule has 2 aromatic heterocycles. The molecule has 0 unspecified atom stereocenters. The topological polar surface area (TPSA) is 69.0 Å². The molecule has 0 fully saturated rings. The molecule has 0 aliphatic heterocycles. The number of fused-ring (bicyclic) bond motifs is 1. The van der Waals surface area contributed by atoms with Crippen LogP contribution in [0, 0.1) is 0 Å². The first kappa shape index (κ1) is 16.4. The maximum Gasteiger partial charge on any atom is 0.253 e. The van der Waals surface area contributed by atoms with Crippen LogP contribution < -0.4 is 5.32 Å². The molecule has 6 nitrogen and oxygen atoms in total. The van der Waals surface area contributed by atoms with Gasteiger partial charge in [0.25, 0.3) is 5.91 Å². The molecule has 124 valence electrons. The standard InChI is InChI=1S/C17H17ClN4O2/c1-22-10-21-14-7-11(8-19-16(14)22)17(23)20-9-15(24-2)12-5-3-4-6-13(12)18/h3-8,10,15H,9H2,1-2H3,(H,20,23)/t15-/m1/s1. The van der Waals surface area contributed by atoms with Gasteiger partial charge < -0.3 is 14.6 Å². The number of carbonyl (C=O) groups is 1. The van der Waals surface area contributed by atoms with Gasteiger partial charge in [0.05, 0.1) is 11.9 Å². The zero-order chi connectivity index (χ0) is 17.1. The van der Waals surface area contributed by atoms with Crippen LogP contribution >= 0.6 is 11.6 Å². The lowest BCUT2D eigenvalue weighted by atomic mass is 10.1. The molecule has 0 aliphatic carbocycles. The average molecular weight is 345 g/mol. The smallest absolute Gasteiger partial charge is 0.253 e. The molecular formula is C17H17ClN4O2. The van der Waals surface area contributed by atoms with Gasteiger partial charge in [0.15, 0.2) is 5.65 Å². The molecule has 7 heteroatoms. The first-order chi connectivity index (χ1) is 11.6. The Balaban J connectivity index is 1.72. The van der Waals surface area contributed by atoms with Gasteiger partial charge in [-0.25, -0.2) is 9.97 Å². The summed E-state index contributed by atoms with van der Waals surface area (Å²) in [6.07, 6.45) is 2.88. The molecule has 0 saturated carbocycles. The molecule has 24 heavy (non-hydrogen) atoms. The van der Waals surface area contributed by atoms with Crippen LogP contribution in [0.15, 0.2) is 42.9 Å². The molecule has 0 spiro atoms. The lowest BCUT2D eigenvalue weighted by molar-refractivity contribution is 0.0828. The van der Waals surface area contributed by atoms with Gasteiger partial charge in [0, 0.05) is 37.5 Å². The number of amides is 1. The lowest BCUT2D eigenvalue weighted by Crippen LogP contribution is -2.29. The average Bonchev–Trinajstić information content (AvgIpc) is 2.97. The third-order valence-electron chi connectivity index (χ3n) is 3.80. The number of methoxy groups -OCH3 is 1. The molecule has 0 aliphatic rings. The third kappa shape index (κ3) is 3.25. The number of carbonyl (C=O) groups excluding carboxylic acids is 1. The SMILES string of the molecule is CO[C@H](CNC(=O)c1cnc2c(c1)ncn2C)c1ccccc1Cl. The van der Waals surface area contributed by atoms with Crippen molar-refractivity contribution in [2.75, 3.05) is 13.7 Å². The number of aromatic nitrogens is 3. The second-order valence-electron chi connectivity index (χ2n) is 5.38. The molecule has 0 bridgehead atoms. The monoisotopic (exact) mass is 344 g/mol. The highest BCUT2D eigenvalue weighted by molar-refractivity contribution is 6.31. The van der Waals surface area contributed by atoms with Crippen molar-refractivity contribution in [3.05, 3.63) is 59.0 Å². The summed E-state index contributed by atoms with van der Waals surface area (Å²) in [5.74, 6) is -0.232. The number of rotatable bonds is 5. The quantitative estimate of drug-likeness (QED) is 0.772. The van der Waals surface area contributed by atoms with Gasteiger partial charge in [-0.1, -0.05) is 29.8 Å². The van der Waals surface area contributed by atoms with Gasteiger partial charge in [-0.2, -0.15) is 0 Å². The van der Waals surface area contributed by atoms with Crippen LogP contribution in [-0.4, -0.2) is 34.1 Å². The highest BCUT2D eigenvalue weighted by Crippen LogP contribution is 2.24. The van der Waals surface area contributed by atoms with Crippen molar-refractivity contribution in [1.82, 2.24) is 19.9 Å². The van der Waals surface area contributed by atoms with Crippen LogP contribution in [0.25, 0.3) is 11.2 Å². The first-order valence-corrected chi connectivity index (χ1v) is 7.80. The molecule has 1 amide bonds. The zero-order valence-corrected chi connectivity index (χ0v) is 14.1. The summed E-state index contributed by atoms with van der Waals surface area (Å²) in [4.78, 5) is 20.8. The normalized spacial score (nSPS) is 12.3. The summed E-state index contributed by atoms with van der Waals surface area (Å²) in [6, 6.07) is 9.13. The Morgan fingerprint density at radius 2 is 2.17 bits per heavy atom. The van der Waals surface area contributed by atoms with E-state index < -0.39 is 0 Å². The van der Waals surface area contributed by atoms with Crippen molar-refractivity contribution in [3.63, 3.8) is 0 Å². The largest absolute Gasteiger partial charge is 0.375 e. The van der Waals surface area contributed by atoms with Gasteiger partial charge in [-0.3, -0.25) is 4.79 Å². The number of nitrogens with one attached hydrogen (secondary N) is 1. The van der Waals surface area contributed by atoms with Gasteiger partial charge >= 0.3 is 0 Å². The number of aryl methyl sites for hydroxylation is 1. The van der Waals surface area contributed by atoms with E-state index in [1.807, 2.05) is 25.2 Å². The van der Waals surface area contributed by atoms with Crippen LogP contribution in [0.4, 0.5) is 0 Å². The van der Waals surface area contributed by atoms with Crippen molar-refractivity contribution >= 4 is 28.7 Å². The molecule has 0 radical (unpaired) electrons. The molecule has 3 rings (SSSR count). The minimum atomic E-state index is -0.325. The summed E-state index contributed by atoms with van der Waals surface area (Å²) in [7, 11) is 3.44. The number of hydrogen-bond acceptors (Lipinski definition) is 4. The highest BCUT2D eigenvalue weighted by atomic mass is 35.5. The number of ether oxygens (including phenoxy) is 1. The molecule has 1 aromatic carbocycles. The van der Waals surface area contributed by atoms with Crippen LogP contribution in [0.3, 0.4) is 0 Å².